The standard InChI is InChI=1S/C24H28FN3O2/c1-16-20(19-14-18(30-3)8-9-23(19)26-16)15-28-12-10-24(11-13-28,27-17(2)29)21-6-4-5-7-22(21)25/h4-9,14,26H,10-13,15H2,1-3H3,(H,27,29). The summed E-state index contributed by atoms with van der Waals surface area (Å²) in [5.41, 5.74) is 3.41. The van der Waals surface area contributed by atoms with Crippen LogP contribution >= 0.6 is 0 Å². The van der Waals surface area contributed by atoms with E-state index in [-0.39, 0.29) is 11.7 Å². The lowest BCUT2D eigenvalue weighted by atomic mass is 9.80. The Morgan fingerprint density at radius 2 is 1.97 bits per heavy atom. The fraction of sp³-hybridized carbons (Fsp3) is 0.375. The van der Waals surface area contributed by atoms with Gasteiger partial charge in [0.1, 0.15) is 11.6 Å². The zero-order valence-electron chi connectivity index (χ0n) is 17.7. The number of ether oxygens (including phenoxy) is 1. The van der Waals surface area contributed by atoms with Crippen LogP contribution in [0.25, 0.3) is 10.9 Å². The maximum atomic E-state index is 14.6. The highest BCUT2D eigenvalue weighted by Crippen LogP contribution is 2.36. The first kappa shape index (κ1) is 20.4. The molecule has 1 amide bonds. The minimum absolute atomic E-state index is 0.133. The van der Waals surface area contributed by atoms with Crippen molar-refractivity contribution in [3.63, 3.8) is 0 Å². The Kier molecular flexibility index (Phi) is 5.52. The predicted octanol–water partition coefficient (Wildman–Crippen LogP) is 4.25. The monoisotopic (exact) mass is 409 g/mol. The van der Waals surface area contributed by atoms with E-state index in [1.165, 1.54) is 23.9 Å². The van der Waals surface area contributed by atoms with Gasteiger partial charge in [0.15, 0.2) is 0 Å². The number of H-pyrrole nitrogens is 1. The second-order valence-electron chi connectivity index (χ2n) is 8.16. The summed E-state index contributed by atoms with van der Waals surface area (Å²) in [5, 5.41) is 4.23. The topological polar surface area (TPSA) is 57.4 Å². The second kappa shape index (κ2) is 8.11. The summed E-state index contributed by atoms with van der Waals surface area (Å²) in [5.74, 6) is 0.441. The minimum Gasteiger partial charge on any atom is -0.497 e. The number of hydrogen-bond donors (Lipinski definition) is 2. The summed E-state index contributed by atoms with van der Waals surface area (Å²) in [6.07, 6.45) is 1.33. The van der Waals surface area contributed by atoms with Gasteiger partial charge in [-0.3, -0.25) is 9.69 Å². The molecule has 1 aromatic heterocycles. The van der Waals surface area contributed by atoms with Crippen LogP contribution in [-0.2, 0) is 16.9 Å². The number of nitrogens with zero attached hydrogens (tertiary/aromatic N) is 1. The van der Waals surface area contributed by atoms with Gasteiger partial charge < -0.3 is 15.0 Å². The molecule has 4 rings (SSSR count). The van der Waals surface area contributed by atoms with Crippen LogP contribution in [0.15, 0.2) is 42.5 Å². The number of piperidine rings is 1. The number of aromatic nitrogens is 1. The largest absolute Gasteiger partial charge is 0.497 e. The number of aromatic amines is 1. The van der Waals surface area contributed by atoms with Crippen LogP contribution in [-0.4, -0.2) is 36.0 Å². The molecule has 5 nitrogen and oxygen atoms in total. The van der Waals surface area contributed by atoms with Crippen LogP contribution in [0, 0.1) is 12.7 Å². The summed E-state index contributed by atoms with van der Waals surface area (Å²) in [6, 6.07) is 12.8. The van der Waals surface area contributed by atoms with E-state index in [4.69, 9.17) is 4.74 Å². The van der Waals surface area contributed by atoms with E-state index in [9.17, 15) is 9.18 Å². The van der Waals surface area contributed by atoms with Crippen LogP contribution in [0.1, 0.15) is 36.6 Å². The Morgan fingerprint density at radius 3 is 2.63 bits per heavy atom. The van der Waals surface area contributed by atoms with E-state index in [1.54, 1.807) is 19.2 Å². The molecule has 1 saturated heterocycles. The molecule has 0 unspecified atom stereocenters. The Labute approximate surface area is 176 Å². The van der Waals surface area contributed by atoms with Crippen molar-refractivity contribution in [1.29, 1.82) is 0 Å². The number of carbonyl (C=O) groups is 1. The van der Waals surface area contributed by atoms with Gasteiger partial charge in [0.25, 0.3) is 0 Å². The number of carbonyl (C=O) groups excluding carboxylic acids is 1. The van der Waals surface area contributed by atoms with Crippen LogP contribution in [0.4, 0.5) is 4.39 Å². The molecule has 0 saturated carbocycles. The molecule has 1 aliphatic rings. The number of rotatable bonds is 5. The molecule has 2 aromatic carbocycles. The Balaban J connectivity index is 1.57. The molecule has 0 atom stereocenters. The molecule has 3 aromatic rings. The third kappa shape index (κ3) is 3.79. The SMILES string of the molecule is COc1ccc2[nH]c(C)c(CN3CCC(NC(C)=O)(c4ccccc4F)CC3)c2c1. The first-order chi connectivity index (χ1) is 14.4. The summed E-state index contributed by atoms with van der Waals surface area (Å²) in [6.45, 7) is 5.92. The molecule has 30 heavy (non-hydrogen) atoms. The van der Waals surface area contributed by atoms with Crippen molar-refractivity contribution in [3.05, 3.63) is 65.1 Å². The third-order valence-electron chi connectivity index (χ3n) is 6.22. The fourth-order valence-electron chi connectivity index (χ4n) is 4.66. The van der Waals surface area contributed by atoms with Crippen molar-refractivity contribution in [3.8, 4) is 5.75 Å². The van der Waals surface area contributed by atoms with Gasteiger partial charge in [-0.1, -0.05) is 18.2 Å². The van der Waals surface area contributed by atoms with Gasteiger partial charge in [-0.2, -0.15) is 0 Å². The normalized spacial score (nSPS) is 16.5. The quantitative estimate of drug-likeness (QED) is 0.662. The number of fused-ring (bicyclic) bond motifs is 1. The number of methoxy groups -OCH3 is 1. The number of amides is 1. The van der Waals surface area contributed by atoms with Gasteiger partial charge in [-0.05, 0) is 49.6 Å². The Bertz CT molecular complexity index is 1070. The Hall–Kier alpha value is -2.86. The third-order valence-corrected chi connectivity index (χ3v) is 6.22. The summed E-state index contributed by atoms with van der Waals surface area (Å²) < 4.78 is 20.0. The van der Waals surface area contributed by atoms with Crippen LogP contribution in [0.5, 0.6) is 5.75 Å². The van der Waals surface area contributed by atoms with Crippen molar-refractivity contribution >= 4 is 16.8 Å². The summed E-state index contributed by atoms with van der Waals surface area (Å²) in [7, 11) is 1.68. The van der Waals surface area contributed by atoms with Gasteiger partial charge in [0, 0.05) is 48.7 Å². The molecule has 1 aliphatic heterocycles. The van der Waals surface area contributed by atoms with Crippen LogP contribution in [0.3, 0.4) is 0 Å². The molecule has 2 N–H and O–H groups in total. The van der Waals surface area contributed by atoms with Crippen LogP contribution in [0.2, 0.25) is 0 Å². The van der Waals surface area contributed by atoms with E-state index in [0.29, 0.717) is 18.4 Å². The van der Waals surface area contributed by atoms with E-state index < -0.39 is 5.54 Å². The molecule has 0 radical (unpaired) electrons. The fourth-order valence-corrected chi connectivity index (χ4v) is 4.66. The lowest BCUT2D eigenvalue weighted by Crippen LogP contribution is -2.52. The number of nitrogens with one attached hydrogen (secondary N) is 2. The second-order valence-corrected chi connectivity index (χ2v) is 8.16. The average Bonchev–Trinajstić information content (AvgIpc) is 3.03. The van der Waals surface area contributed by atoms with Gasteiger partial charge >= 0.3 is 0 Å². The van der Waals surface area contributed by atoms with Crippen molar-refractivity contribution in [2.24, 2.45) is 0 Å². The number of likely N-dealkylation sites (tertiary alicyclic amines) is 1. The van der Waals surface area contributed by atoms with E-state index in [2.05, 4.69) is 28.2 Å². The molecular weight excluding hydrogens is 381 g/mol. The molecule has 0 bridgehead atoms. The van der Waals surface area contributed by atoms with Gasteiger partial charge in [-0.15, -0.1) is 0 Å². The molecule has 2 heterocycles. The minimum atomic E-state index is -0.661. The number of aryl methyl sites for hydroxylation is 1. The van der Waals surface area contributed by atoms with Crippen molar-refractivity contribution in [2.75, 3.05) is 20.2 Å². The molecule has 158 valence electrons. The zero-order valence-corrected chi connectivity index (χ0v) is 17.7. The molecule has 1 fully saturated rings. The smallest absolute Gasteiger partial charge is 0.217 e. The molecule has 0 spiro atoms. The first-order valence-electron chi connectivity index (χ1n) is 10.3. The number of halogens is 1. The highest BCUT2D eigenvalue weighted by atomic mass is 19.1. The Morgan fingerprint density at radius 1 is 1.23 bits per heavy atom. The average molecular weight is 410 g/mol. The summed E-state index contributed by atoms with van der Waals surface area (Å²) >= 11 is 0. The van der Waals surface area contributed by atoms with Crippen molar-refractivity contribution < 1.29 is 13.9 Å². The molecule has 6 heteroatoms. The number of benzene rings is 2. The van der Waals surface area contributed by atoms with E-state index >= 15 is 0 Å². The highest BCUT2D eigenvalue weighted by Gasteiger charge is 2.38. The van der Waals surface area contributed by atoms with E-state index in [0.717, 1.165) is 36.6 Å². The zero-order chi connectivity index (χ0) is 21.3. The van der Waals surface area contributed by atoms with Crippen molar-refractivity contribution in [1.82, 2.24) is 15.2 Å². The molecule has 0 aliphatic carbocycles. The first-order valence-corrected chi connectivity index (χ1v) is 10.3. The lowest BCUT2D eigenvalue weighted by molar-refractivity contribution is -0.121. The maximum Gasteiger partial charge on any atom is 0.217 e. The van der Waals surface area contributed by atoms with E-state index in [1.807, 2.05) is 18.2 Å². The van der Waals surface area contributed by atoms with Gasteiger partial charge in [0.2, 0.25) is 5.91 Å². The van der Waals surface area contributed by atoms with Gasteiger partial charge in [0.05, 0.1) is 12.6 Å². The van der Waals surface area contributed by atoms with Crippen LogP contribution < -0.4 is 10.1 Å². The highest BCUT2D eigenvalue weighted by molar-refractivity contribution is 5.86. The lowest BCUT2D eigenvalue weighted by Gasteiger charge is -2.42. The van der Waals surface area contributed by atoms with Crippen molar-refractivity contribution in [2.45, 2.75) is 38.8 Å². The van der Waals surface area contributed by atoms with Gasteiger partial charge in [-0.25, -0.2) is 4.39 Å². The maximum absolute atomic E-state index is 14.6. The molecular formula is C24H28FN3O2. The summed E-state index contributed by atoms with van der Waals surface area (Å²) in [4.78, 5) is 17.8. The predicted molar refractivity (Wildman–Crippen MR) is 116 cm³/mol. The number of hydrogen-bond acceptors (Lipinski definition) is 3.